The van der Waals surface area contributed by atoms with Crippen LogP contribution in [0.25, 0.3) is 0 Å². The summed E-state index contributed by atoms with van der Waals surface area (Å²) in [5.41, 5.74) is 0. The van der Waals surface area contributed by atoms with Gasteiger partial charge < -0.3 is 5.32 Å². The highest BCUT2D eigenvalue weighted by Crippen LogP contribution is 2.34. The number of rotatable bonds is 4. The van der Waals surface area contributed by atoms with E-state index >= 15 is 0 Å². The van der Waals surface area contributed by atoms with Gasteiger partial charge in [0.15, 0.2) is 0 Å². The third-order valence-electron chi connectivity index (χ3n) is 2.76. The molecule has 1 aromatic heterocycles. The van der Waals surface area contributed by atoms with E-state index in [1.54, 1.807) is 0 Å². The normalized spacial score (nSPS) is 16.6. The molecule has 1 aliphatic rings. The Morgan fingerprint density at radius 2 is 2.12 bits per heavy atom. The lowest BCUT2D eigenvalue weighted by Crippen LogP contribution is -2.03. The average Bonchev–Trinajstić information content (AvgIpc) is 2.70. The van der Waals surface area contributed by atoms with E-state index in [1.807, 2.05) is 18.7 Å². The minimum Gasteiger partial charge on any atom is -0.370 e. The molecule has 1 heterocycles. The van der Waals surface area contributed by atoms with E-state index in [-0.39, 0.29) is 0 Å². The lowest BCUT2D eigenvalue weighted by molar-refractivity contribution is 0.886. The van der Waals surface area contributed by atoms with Crippen molar-refractivity contribution in [2.75, 3.05) is 11.9 Å². The Morgan fingerprint density at radius 3 is 2.81 bits per heavy atom. The van der Waals surface area contributed by atoms with E-state index < -0.39 is 0 Å². The van der Waals surface area contributed by atoms with Crippen LogP contribution < -0.4 is 5.32 Å². The molecule has 0 saturated heterocycles. The lowest BCUT2D eigenvalue weighted by Gasteiger charge is -2.10. The van der Waals surface area contributed by atoms with Crippen molar-refractivity contribution < 1.29 is 0 Å². The zero-order valence-electron chi connectivity index (χ0n) is 9.99. The van der Waals surface area contributed by atoms with Gasteiger partial charge in [-0.1, -0.05) is 12.8 Å². The van der Waals surface area contributed by atoms with Gasteiger partial charge in [-0.25, -0.2) is 9.97 Å². The van der Waals surface area contributed by atoms with Crippen LogP contribution in [0.5, 0.6) is 0 Å². The van der Waals surface area contributed by atoms with Gasteiger partial charge in [0.1, 0.15) is 16.7 Å². The molecule has 0 radical (unpaired) electrons. The summed E-state index contributed by atoms with van der Waals surface area (Å²) in [6.45, 7) is 4.95. The lowest BCUT2D eigenvalue weighted by atomic mass is 10.4. The second kappa shape index (κ2) is 5.53. The molecular weight excluding hydrogens is 218 g/mol. The van der Waals surface area contributed by atoms with Crippen LogP contribution in [-0.4, -0.2) is 21.8 Å². The molecule has 0 aliphatic heterocycles. The van der Waals surface area contributed by atoms with E-state index in [4.69, 9.17) is 0 Å². The van der Waals surface area contributed by atoms with Crippen LogP contribution in [0.4, 0.5) is 5.82 Å². The van der Waals surface area contributed by atoms with Crippen molar-refractivity contribution in [1.82, 2.24) is 9.97 Å². The molecule has 1 aromatic rings. The summed E-state index contributed by atoms with van der Waals surface area (Å²) in [7, 11) is 0. The predicted octanol–water partition coefficient (Wildman–Crippen LogP) is 3.25. The summed E-state index contributed by atoms with van der Waals surface area (Å²) >= 11 is 1.91. The number of anilines is 1. The number of aromatic nitrogens is 2. The Kier molecular flexibility index (Phi) is 4.04. The van der Waals surface area contributed by atoms with Crippen molar-refractivity contribution in [1.29, 1.82) is 0 Å². The maximum Gasteiger partial charge on any atom is 0.130 e. The minimum absolute atomic E-state index is 0.767. The molecule has 1 fully saturated rings. The molecule has 88 valence electrons. The molecule has 0 spiro atoms. The van der Waals surface area contributed by atoms with E-state index in [0.29, 0.717) is 0 Å². The standard InChI is InChI=1S/C12H19N3S/c1-3-13-11-8-12(15-9(2)14-11)16-10-6-4-5-7-10/h8,10H,3-7H2,1-2H3,(H,13,14,15). The molecule has 1 aliphatic carbocycles. The fraction of sp³-hybridized carbons (Fsp3) is 0.667. The molecule has 2 rings (SSSR count). The second-order valence-corrected chi connectivity index (χ2v) is 5.51. The summed E-state index contributed by atoms with van der Waals surface area (Å²) in [5, 5.41) is 5.14. The predicted molar refractivity (Wildman–Crippen MR) is 69.0 cm³/mol. The molecule has 16 heavy (non-hydrogen) atoms. The van der Waals surface area contributed by atoms with Crippen molar-refractivity contribution in [2.24, 2.45) is 0 Å². The Morgan fingerprint density at radius 1 is 1.38 bits per heavy atom. The van der Waals surface area contributed by atoms with Crippen molar-refractivity contribution >= 4 is 17.6 Å². The Balaban J connectivity index is 2.06. The summed E-state index contributed by atoms with van der Waals surface area (Å²) in [4.78, 5) is 8.85. The van der Waals surface area contributed by atoms with Crippen LogP contribution in [0, 0.1) is 6.92 Å². The molecular formula is C12H19N3S. The molecule has 3 nitrogen and oxygen atoms in total. The molecule has 0 unspecified atom stereocenters. The molecule has 1 saturated carbocycles. The highest BCUT2D eigenvalue weighted by atomic mass is 32.2. The number of hydrogen-bond acceptors (Lipinski definition) is 4. The molecule has 0 bridgehead atoms. The fourth-order valence-corrected chi connectivity index (χ4v) is 3.32. The summed E-state index contributed by atoms with van der Waals surface area (Å²) < 4.78 is 0. The highest BCUT2D eigenvalue weighted by Gasteiger charge is 2.17. The number of thioether (sulfide) groups is 1. The van der Waals surface area contributed by atoms with Crippen molar-refractivity contribution in [3.63, 3.8) is 0 Å². The van der Waals surface area contributed by atoms with E-state index in [9.17, 15) is 0 Å². The number of hydrogen-bond donors (Lipinski definition) is 1. The monoisotopic (exact) mass is 237 g/mol. The largest absolute Gasteiger partial charge is 0.370 e. The summed E-state index contributed by atoms with van der Waals surface area (Å²) in [6.07, 6.45) is 5.43. The third-order valence-corrected chi connectivity index (χ3v) is 4.02. The first-order valence-corrected chi connectivity index (χ1v) is 6.92. The van der Waals surface area contributed by atoms with Crippen LogP contribution in [0.2, 0.25) is 0 Å². The van der Waals surface area contributed by atoms with Crippen LogP contribution in [-0.2, 0) is 0 Å². The Hall–Kier alpha value is -0.770. The van der Waals surface area contributed by atoms with Gasteiger partial charge in [-0.15, -0.1) is 11.8 Å². The first-order valence-electron chi connectivity index (χ1n) is 6.04. The first-order chi connectivity index (χ1) is 7.78. The Labute approximate surface area is 101 Å². The van der Waals surface area contributed by atoms with Crippen molar-refractivity contribution in [2.45, 2.75) is 49.8 Å². The quantitative estimate of drug-likeness (QED) is 0.816. The SMILES string of the molecule is CCNc1cc(SC2CCCC2)nc(C)n1. The third kappa shape index (κ3) is 3.11. The van der Waals surface area contributed by atoms with Gasteiger partial charge in [0, 0.05) is 17.9 Å². The van der Waals surface area contributed by atoms with E-state index in [0.717, 1.165) is 28.5 Å². The number of aryl methyl sites for hydroxylation is 1. The number of nitrogens with one attached hydrogen (secondary N) is 1. The minimum atomic E-state index is 0.767. The summed E-state index contributed by atoms with van der Waals surface area (Å²) in [5.74, 6) is 1.81. The van der Waals surface area contributed by atoms with Gasteiger partial charge in [-0.3, -0.25) is 0 Å². The molecule has 4 heteroatoms. The smallest absolute Gasteiger partial charge is 0.130 e. The maximum atomic E-state index is 4.49. The van der Waals surface area contributed by atoms with Gasteiger partial charge >= 0.3 is 0 Å². The van der Waals surface area contributed by atoms with Gasteiger partial charge in [0.05, 0.1) is 0 Å². The molecule has 0 amide bonds. The number of nitrogens with zero attached hydrogens (tertiary/aromatic N) is 2. The maximum absolute atomic E-state index is 4.49. The first kappa shape index (κ1) is 11.7. The van der Waals surface area contributed by atoms with Crippen LogP contribution in [0.3, 0.4) is 0 Å². The van der Waals surface area contributed by atoms with Gasteiger partial charge in [0.2, 0.25) is 0 Å². The molecule has 1 N–H and O–H groups in total. The zero-order chi connectivity index (χ0) is 11.4. The molecule has 0 atom stereocenters. The fourth-order valence-electron chi connectivity index (χ4n) is 2.05. The van der Waals surface area contributed by atoms with E-state index in [2.05, 4.69) is 28.3 Å². The van der Waals surface area contributed by atoms with Crippen molar-refractivity contribution in [3.05, 3.63) is 11.9 Å². The average molecular weight is 237 g/mol. The second-order valence-electron chi connectivity index (χ2n) is 4.19. The topological polar surface area (TPSA) is 37.8 Å². The molecule has 0 aromatic carbocycles. The van der Waals surface area contributed by atoms with Crippen LogP contribution >= 0.6 is 11.8 Å². The van der Waals surface area contributed by atoms with Gasteiger partial charge in [-0.05, 0) is 26.7 Å². The highest BCUT2D eigenvalue weighted by molar-refractivity contribution is 7.99. The van der Waals surface area contributed by atoms with E-state index in [1.165, 1.54) is 25.7 Å². The van der Waals surface area contributed by atoms with Gasteiger partial charge in [-0.2, -0.15) is 0 Å². The summed E-state index contributed by atoms with van der Waals surface area (Å²) in [6, 6.07) is 2.07. The van der Waals surface area contributed by atoms with Crippen LogP contribution in [0.1, 0.15) is 38.4 Å². The van der Waals surface area contributed by atoms with Gasteiger partial charge in [0.25, 0.3) is 0 Å². The zero-order valence-corrected chi connectivity index (χ0v) is 10.8. The Bertz CT molecular complexity index is 348. The van der Waals surface area contributed by atoms with Crippen molar-refractivity contribution in [3.8, 4) is 0 Å². The van der Waals surface area contributed by atoms with Crippen LogP contribution in [0.15, 0.2) is 11.1 Å².